The van der Waals surface area contributed by atoms with Crippen LogP contribution in [0.15, 0.2) is 18.2 Å². The number of carbonyl (C=O) groups excluding carboxylic acids is 1. The van der Waals surface area contributed by atoms with Gasteiger partial charge in [-0.1, -0.05) is 13.3 Å². The van der Waals surface area contributed by atoms with Crippen LogP contribution in [0.25, 0.3) is 0 Å². The van der Waals surface area contributed by atoms with Crippen LogP contribution in [0, 0.1) is 11.7 Å². The van der Waals surface area contributed by atoms with Gasteiger partial charge in [0.1, 0.15) is 5.82 Å². The van der Waals surface area contributed by atoms with E-state index in [9.17, 15) is 9.18 Å². The second-order valence-corrected chi connectivity index (χ2v) is 5.40. The number of halogens is 1. The standard InChI is InChI=1S/C15H22FN3O/c1-2-19(9-11-4-3-5-11)10-15(20)18-14-7-6-12(16)8-13(14)17/h6-8,11H,2-5,9-10,17H2,1H3,(H,18,20). The van der Waals surface area contributed by atoms with Crippen molar-refractivity contribution in [1.29, 1.82) is 0 Å². The third kappa shape index (κ3) is 3.93. The minimum absolute atomic E-state index is 0.107. The lowest BCUT2D eigenvalue weighted by atomic mass is 9.85. The van der Waals surface area contributed by atoms with Crippen molar-refractivity contribution in [3.63, 3.8) is 0 Å². The van der Waals surface area contributed by atoms with Gasteiger partial charge < -0.3 is 11.1 Å². The van der Waals surface area contributed by atoms with E-state index in [1.165, 1.54) is 37.5 Å². The summed E-state index contributed by atoms with van der Waals surface area (Å²) in [5.74, 6) is 0.226. The maximum Gasteiger partial charge on any atom is 0.238 e. The molecule has 20 heavy (non-hydrogen) atoms. The molecule has 0 spiro atoms. The molecule has 1 saturated carbocycles. The van der Waals surface area contributed by atoms with Gasteiger partial charge in [0.25, 0.3) is 0 Å². The number of nitrogens with two attached hydrogens (primary N) is 1. The Morgan fingerprint density at radius 1 is 1.50 bits per heavy atom. The van der Waals surface area contributed by atoms with Gasteiger partial charge in [-0.25, -0.2) is 4.39 Å². The first-order valence-electron chi connectivity index (χ1n) is 7.15. The number of likely N-dealkylation sites (N-methyl/N-ethyl adjacent to an activating group) is 1. The molecular formula is C15H22FN3O. The van der Waals surface area contributed by atoms with Crippen LogP contribution in [0.1, 0.15) is 26.2 Å². The van der Waals surface area contributed by atoms with E-state index in [1.807, 2.05) is 0 Å². The first kappa shape index (κ1) is 14.8. The molecule has 0 unspecified atom stereocenters. The average Bonchev–Trinajstić information content (AvgIpc) is 2.35. The lowest BCUT2D eigenvalue weighted by Gasteiger charge is -2.31. The van der Waals surface area contributed by atoms with Crippen LogP contribution in [0.5, 0.6) is 0 Å². The minimum atomic E-state index is -0.402. The molecule has 0 heterocycles. The van der Waals surface area contributed by atoms with Crippen molar-refractivity contribution in [3.8, 4) is 0 Å². The highest BCUT2D eigenvalue weighted by Gasteiger charge is 2.21. The fourth-order valence-corrected chi connectivity index (χ4v) is 2.39. The number of benzene rings is 1. The summed E-state index contributed by atoms with van der Waals surface area (Å²) >= 11 is 0. The maximum atomic E-state index is 12.9. The van der Waals surface area contributed by atoms with Gasteiger partial charge in [-0.15, -0.1) is 0 Å². The molecule has 1 aliphatic carbocycles. The highest BCUT2D eigenvalue weighted by atomic mass is 19.1. The van der Waals surface area contributed by atoms with Crippen LogP contribution < -0.4 is 11.1 Å². The Morgan fingerprint density at radius 3 is 2.80 bits per heavy atom. The van der Waals surface area contributed by atoms with Gasteiger partial charge in [0.2, 0.25) is 5.91 Å². The van der Waals surface area contributed by atoms with Crippen LogP contribution >= 0.6 is 0 Å². The number of nitrogen functional groups attached to an aromatic ring is 1. The van der Waals surface area contributed by atoms with Crippen molar-refractivity contribution in [1.82, 2.24) is 4.90 Å². The lowest BCUT2D eigenvalue weighted by molar-refractivity contribution is -0.117. The normalized spacial score (nSPS) is 15.2. The van der Waals surface area contributed by atoms with E-state index in [0.29, 0.717) is 12.2 Å². The van der Waals surface area contributed by atoms with Gasteiger partial charge in [0.15, 0.2) is 0 Å². The summed E-state index contributed by atoms with van der Waals surface area (Å²) in [6.07, 6.45) is 3.84. The van der Waals surface area contributed by atoms with E-state index < -0.39 is 5.82 Å². The van der Waals surface area contributed by atoms with Crippen molar-refractivity contribution in [2.24, 2.45) is 5.92 Å². The Kier molecular flexibility index (Phi) is 4.95. The Labute approximate surface area is 119 Å². The number of anilines is 2. The van der Waals surface area contributed by atoms with E-state index >= 15 is 0 Å². The van der Waals surface area contributed by atoms with Crippen molar-refractivity contribution in [2.75, 3.05) is 30.7 Å². The number of nitrogens with zero attached hydrogens (tertiary/aromatic N) is 1. The van der Waals surface area contributed by atoms with Gasteiger partial charge in [0, 0.05) is 6.54 Å². The highest BCUT2D eigenvalue weighted by Crippen LogP contribution is 2.27. The topological polar surface area (TPSA) is 58.4 Å². The number of hydrogen-bond acceptors (Lipinski definition) is 3. The Hall–Kier alpha value is -1.62. The molecule has 0 radical (unpaired) electrons. The lowest BCUT2D eigenvalue weighted by Crippen LogP contribution is -2.38. The molecule has 1 aromatic rings. The van der Waals surface area contributed by atoms with E-state index in [1.54, 1.807) is 0 Å². The molecule has 0 aromatic heterocycles. The Morgan fingerprint density at radius 2 is 2.25 bits per heavy atom. The summed E-state index contributed by atoms with van der Waals surface area (Å²) in [4.78, 5) is 14.1. The summed E-state index contributed by atoms with van der Waals surface area (Å²) in [7, 11) is 0. The summed E-state index contributed by atoms with van der Waals surface area (Å²) < 4.78 is 12.9. The van der Waals surface area contributed by atoms with Crippen LogP contribution in [-0.2, 0) is 4.79 Å². The summed E-state index contributed by atoms with van der Waals surface area (Å²) in [6, 6.07) is 3.99. The molecule has 110 valence electrons. The number of rotatable bonds is 6. The molecule has 4 nitrogen and oxygen atoms in total. The second-order valence-electron chi connectivity index (χ2n) is 5.40. The van der Waals surface area contributed by atoms with Crippen molar-refractivity contribution in [3.05, 3.63) is 24.0 Å². The molecule has 0 atom stereocenters. The third-order valence-electron chi connectivity index (χ3n) is 3.84. The SMILES string of the molecule is CCN(CC(=O)Nc1ccc(F)cc1N)CC1CCC1. The van der Waals surface area contributed by atoms with Gasteiger partial charge in [0.05, 0.1) is 17.9 Å². The van der Waals surface area contributed by atoms with Crippen molar-refractivity contribution >= 4 is 17.3 Å². The molecule has 0 saturated heterocycles. The molecule has 1 aromatic carbocycles. The van der Waals surface area contributed by atoms with E-state index in [2.05, 4.69) is 17.1 Å². The molecular weight excluding hydrogens is 257 g/mol. The molecule has 0 bridgehead atoms. The Bertz CT molecular complexity index is 474. The van der Waals surface area contributed by atoms with E-state index in [0.717, 1.165) is 19.0 Å². The van der Waals surface area contributed by atoms with Crippen molar-refractivity contribution in [2.45, 2.75) is 26.2 Å². The molecule has 1 amide bonds. The number of carbonyl (C=O) groups is 1. The minimum Gasteiger partial charge on any atom is -0.397 e. The Balaban J connectivity index is 1.86. The fourth-order valence-electron chi connectivity index (χ4n) is 2.39. The number of hydrogen-bond donors (Lipinski definition) is 2. The summed E-state index contributed by atoms with van der Waals surface area (Å²) in [5.41, 5.74) is 6.40. The molecule has 1 aliphatic rings. The molecule has 5 heteroatoms. The van der Waals surface area contributed by atoms with Crippen LogP contribution in [0.4, 0.5) is 15.8 Å². The van der Waals surface area contributed by atoms with Crippen LogP contribution in [0.2, 0.25) is 0 Å². The van der Waals surface area contributed by atoms with E-state index in [4.69, 9.17) is 5.73 Å². The van der Waals surface area contributed by atoms with Gasteiger partial charge in [-0.05, 0) is 43.5 Å². The molecule has 2 rings (SSSR count). The third-order valence-corrected chi connectivity index (χ3v) is 3.84. The van der Waals surface area contributed by atoms with Crippen LogP contribution in [-0.4, -0.2) is 30.4 Å². The second kappa shape index (κ2) is 6.70. The van der Waals surface area contributed by atoms with Crippen molar-refractivity contribution < 1.29 is 9.18 Å². The first-order chi connectivity index (χ1) is 9.58. The predicted octanol–water partition coefficient (Wildman–Crippen LogP) is 2.47. The zero-order valence-corrected chi connectivity index (χ0v) is 11.9. The predicted molar refractivity (Wildman–Crippen MR) is 78.9 cm³/mol. The monoisotopic (exact) mass is 279 g/mol. The fraction of sp³-hybridized carbons (Fsp3) is 0.533. The zero-order valence-electron chi connectivity index (χ0n) is 11.9. The van der Waals surface area contributed by atoms with Crippen LogP contribution in [0.3, 0.4) is 0 Å². The molecule has 0 aliphatic heterocycles. The van der Waals surface area contributed by atoms with Gasteiger partial charge in [-0.3, -0.25) is 9.69 Å². The smallest absolute Gasteiger partial charge is 0.238 e. The summed E-state index contributed by atoms with van der Waals surface area (Å²) in [5, 5.41) is 2.74. The first-order valence-corrected chi connectivity index (χ1v) is 7.15. The maximum absolute atomic E-state index is 12.9. The zero-order chi connectivity index (χ0) is 14.5. The highest BCUT2D eigenvalue weighted by molar-refractivity contribution is 5.95. The number of amides is 1. The largest absolute Gasteiger partial charge is 0.397 e. The van der Waals surface area contributed by atoms with Gasteiger partial charge >= 0.3 is 0 Å². The molecule has 3 N–H and O–H groups in total. The van der Waals surface area contributed by atoms with E-state index in [-0.39, 0.29) is 11.6 Å². The number of nitrogens with one attached hydrogen (secondary N) is 1. The molecule has 1 fully saturated rings. The summed E-state index contributed by atoms with van der Waals surface area (Å²) in [6.45, 7) is 4.23. The quantitative estimate of drug-likeness (QED) is 0.786. The average molecular weight is 279 g/mol. The van der Waals surface area contributed by atoms with Gasteiger partial charge in [-0.2, -0.15) is 0 Å².